The lowest BCUT2D eigenvalue weighted by Gasteiger charge is -2.12. The molecule has 0 saturated carbocycles. The Labute approximate surface area is 186 Å². The molecular weight excluding hydrogens is 410 g/mol. The molecule has 0 aliphatic heterocycles. The second kappa shape index (κ2) is 10.9. The van der Waals surface area contributed by atoms with Crippen LogP contribution in [0.25, 0.3) is 0 Å². The van der Waals surface area contributed by atoms with Crippen LogP contribution in [-0.2, 0) is 11.2 Å². The zero-order valence-electron chi connectivity index (χ0n) is 18.2. The summed E-state index contributed by atoms with van der Waals surface area (Å²) in [5.74, 6) is 0.953. The summed E-state index contributed by atoms with van der Waals surface area (Å²) in [5, 5.41) is 2.73. The smallest absolute Gasteiger partial charge is 0.343 e. The van der Waals surface area contributed by atoms with Crippen molar-refractivity contribution >= 4 is 17.6 Å². The van der Waals surface area contributed by atoms with E-state index in [-0.39, 0.29) is 12.5 Å². The molecule has 0 bridgehead atoms. The largest absolute Gasteiger partial charge is 0.497 e. The van der Waals surface area contributed by atoms with Gasteiger partial charge in [-0.1, -0.05) is 19.1 Å². The van der Waals surface area contributed by atoms with E-state index in [0.717, 1.165) is 12.0 Å². The molecule has 0 radical (unpaired) electrons. The fourth-order valence-electron chi connectivity index (χ4n) is 2.89. The van der Waals surface area contributed by atoms with Crippen LogP contribution in [0.15, 0.2) is 66.7 Å². The summed E-state index contributed by atoms with van der Waals surface area (Å²) >= 11 is 0. The monoisotopic (exact) mass is 435 g/mol. The van der Waals surface area contributed by atoms with Crippen molar-refractivity contribution in [3.05, 3.63) is 77.9 Å². The number of benzene rings is 3. The molecular formula is C25H25NO6. The van der Waals surface area contributed by atoms with Gasteiger partial charge < -0.3 is 24.3 Å². The van der Waals surface area contributed by atoms with Crippen LogP contribution in [0.1, 0.15) is 22.8 Å². The highest BCUT2D eigenvalue weighted by molar-refractivity contribution is 5.93. The number of hydrogen-bond acceptors (Lipinski definition) is 6. The fourth-order valence-corrected chi connectivity index (χ4v) is 2.89. The van der Waals surface area contributed by atoms with Gasteiger partial charge in [-0.05, 0) is 66.6 Å². The molecule has 7 heteroatoms. The van der Waals surface area contributed by atoms with Crippen molar-refractivity contribution in [2.45, 2.75) is 13.3 Å². The van der Waals surface area contributed by atoms with Crippen molar-refractivity contribution in [2.24, 2.45) is 0 Å². The van der Waals surface area contributed by atoms with Gasteiger partial charge in [0.1, 0.15) is 11.5 Å². The van der Waals surface area contributed by atoms with Gasteiger partial charge in [-0.3, -0.25) is 4.79 Å². The number of nitrogens with one attached hydrogen (secondary N) is 1. The minimum absolute atomic E-state index is 0.226. The number of esters is 1. The van der Waals surface area contributed by atoms with Crippen LogP contribution in [0, 0.1) is 0 Å². The molecule has 7 nitrogen and oxygen atoms in total. The summed E-state index contributed by atoms with van der Waals surface area (Å²) in [5.41, 5.74) is 2.08. The Balaban J connectivity index is 1.59. The van der Waals surface area contributed by atoms with Gasteiger partial charge in [0.05, 0.1) is 19.8 Å². The Morgan fingerprint density at radius 1 is 0.812 bits per heavy atom. The third-order valence-electron chi connectivity index (χ3n) is 4.67. The number of hydrogen-bond donors (Lipinski definition) is 1. The lowest BCUT2D eigenvalue weighted by atomic mass is 10.1. The maximum Gasteiger partial charge on any atom is 0.343 e. The fraction of sp³-hybridized carbons (Fsp3) is 0.200. The second-order valence-corrected chi connectivity index (χ2v) is 6.82. The normalized spacial score (nSPS) is 10.2. The number of methoxy groups -OCH3 is 2. The van der Waals surface area contributed by atoms with Crippen LogP contribution < -0.4 is 24.3 Å². The van der Waals surface area contributed by atoms with Crippen molar-refractivity contribution in [3.63, 3.8) is 0 Å². The van der Waals surface area contributed by atoms with E-state index in [1.54, 1.807) is 55.6 Å². The van der Waals surface area contributed by atoms with Crippen molar-refractivity contribution in [3.8, 4) is 23.0 Å². The Kier molecular flexibility index (Phi) is 7.70. The average Bonchev–Trinajstić information content (AvgIpc) is 2.83. The molecule has 1 N–H and O–H groups in total. The standard InChI is InChI=1S/C25H25NO6/c1-4-17-5-10-21(11-6-17)32-25(28)18-7-14-22(23(15-18)30-3)31-16-24(27)26-19-8-12-20(29-2)13-9-19/h5-15H,4,16H2,1-3H3,(H,26,27). The zero-order chi connectivity index (χ0) is 22.9. The van der Waals surface area contributed by atoms with Crippen LogP contribution in [0.4, 0.5) is 5.69 Å². The predicted octanol–water partition coefficient (Wildman–Crippen LogP) is 4.50. The molecule has 0 heterocycles. The average molecular weight is 435 g/mol. The van der Waals surface area contributed by atoms with Crippen molar-refractivity contribution in [1.82, 2.24) is 0 Å². The molecule has 0 aliphatic carbocycles. The van der Waals surface area contributed by atoms with Crippen LogP contribution in [-0.4, -0.2) is 32.7 Å². The van der Waals surface area contributed by atoms with Crippen molar-refractivity contribution in [2.75, 3.05) is 26.1 Å². The number of anilines is 1. The summed E-state index contributed by atoms with van der Waals surface area (Å²) in [4.78, 5) is 24.7. The van der Waals surface area contributed by atoms with Gasteiger partial charge in [0.15, 0.2) is 18.1 Å². The number of carbonyl (C=O) groups excluding carboxylic acids is 2. The molecule has 1 amide bonds. The van der Waals surface area contributed by atoms with E-state index in [9.17, 15) is 9.59 Å². The third-order valence-corrected chi connectivity index (χ3v) is 4.67. The molecule has 0 spiro atoms. The summed E-state index contributed by atoms with van der Waals surface area (Å²) in [6.45, 7) is 1.83. The summed E-state index contributed by atoms with van der Waals surface area (Å²) in [6.07, 6.45) is 0.908. The first-order chi connectivity index (χ1) is 15.5. The Morgan fingerprint density at radius 2 is 1.50 bits per heavy atom. The molecule has 0 saturated heterocycles. The lowest BCUT2D eigenvalue weighted by molar-refractivity contribution is -0.118. The summed E-state index contributed by atoms with van der Waals surface area (Å²) in [7, 11) is 3.03. The van der Waals surface area contributed by atoms with Gasteiger partial charge in [0.25, 0.3) is 5.91 Å². The molecule has 3 aromatic carbocycles. The maximum atomic E-state index is 12.5. The highest BCUT2D eigenvalue weighted by Crippen LogP contribution is 2.29. The maximum absolute atomic E-state index is 12.5. The van der Waals surface area contributed by atoms with Crippen molar-refractivity contribution < 1.29 is 28.5 Å². The van der Waals surface area contributed by atoms with Crippen LogP contribution in [0.2, 0.25) is 0 Å². The molecule has 3 aromatic rings. The SMILES string of the molecule is CCc1ccc(OC(=O)c2ccc(OCC(=O)Nc3ccc(OC)cc3)c(OC)c2)cc1. The van der Waals surface area contributed by atoms with E-state index in [1.807, 2.05) is 12.1 Å². The Morgan fingerprint density at radius 3 is 2.12 bits per heavy atom. The molecule has 166 valence electrons. The summed E-state index contributed by atoms with van der Waals surface area (Å²) in [6, 6.07) is 18.9. The van der Waals surface area contributed by atoms with E-state index < -0.39 is 5.97 Å². The first-order valence-electron chi connectivity index (χ1n) is 10.1. The molecule has 32 heavy (non-hydrogen) atoms. The van der Waals surface area contributed by atoms with E-state index in [0.29, 0.717) is 34.2 Å². The minimum atomic E-state index is -0.517. The zero-order valence-corrected chi connectivity index (χ0v) is 18.2. The van der Waals surface area contributed by atoms with Crippen molar-refractivity contribution in [1.29, 1.82) is 0 Å². The van der Waals surface area contributed by atoms with Gasteiger partial charge in [-0.2, -0.15) is 0 Å². The quantitative estimate of drug-likeness (QED) is 0.394. The van der Waals surface area contributed by atoms with Crippen LogP contribution >= 0.6 is 0 Å². The molecule has 0 aromatic heterocycles. The van der Waals surface area contributed by atoms with E-state index in [2.05, 4.69) is 12.2 Å². The van der Waals surface area contributed by atoms with E-state index in [4.69, 9.17) is 18.9 Å². The van der Waals surface area contributed by atoms with Crippen LogP contribution in [0.3, 0.4) is 0 Å². The van der Waals surface area contributed by atoms with Gasteiger partial charge >= 0.3 is 5.97 Å². The Hall–Kier alpha value is -4.00. The first kappa shape index (κ1) is 22.7. The third kappa shape index (κ3) is 6.01. The van der Waals surface area contributed by atoms with Gasteiger partial charge in [-0.25, -0.2) is 4.79 Å². The van der Waals surface area contributed by atoms with E-state index >= 15 is 0 Å². The molecule has 0 unspecified atom stereocenters. The van der Waals surface area contributed by atoms with Crippen LogP contribution in [0.5, 0.6) is 23.0 Å². The predicted molar refractivity (Wildman–Crippen MR) is 121 cm³/mol. The molecule has 0 fully saturated rings. The van der Waals surface area contributed by atoms with E-state index in [1.165, 1.54) is 13.2 Å². The van der Waals surface area contributed by atoms with Gasteiger partial charge in [0.2, 0.25) is 0 Å². The minimum Gasteiger partial charge on any atom is -0.497 e. The first-order valence-corrected chi connectivity index (χ1v) is 10.1. The second-order valence-electron chi connectivity index (χ2n) is 6.82. The summed E-state index contributed by atoms with van der Waals surface area (Å²) < 4.78 is 21.4. The Bertz CT molecular complexity index is 1060. The molecule has 3 rings (SSSR count). The molecule has 0 atom stereocenters. The topological polar surface area (TPSA) is 83.1 Å². The van der Waals surface area contributed by atoms with Gasteiger partial charge in [-0.15, -0.1) is 0 Å². The highest BCUT2D eigenvalue weighted by Gasteiger charge is 2.14. The number of rotatable bonds is 9. The number of aryl methyl sites for hydroxylation is 1. The number of amides is 1. The number of carbonyl (C=O) groups is 2. The number of ether oxygens (including phenoxy) is 4. The molecule has 0 aliphatic rings. The lowest BCUT2D eigenvalue weighted by Crippen LogP contribution is -2.20. The van der Waals surface area contributed by atoms with Gasteiger partial charge in [0, 0.05) is 5.69 Å². The highest BCUT2D eigenvalue weighted by atomic mass is 16.5.